The molecule has 3 aromatic rings. The van der Waals surface area contributed by atoms with Gasteiger partial charge in [-0.15, -0.1) is 0 Å². The molecule has 0 aliphatic carbocycles. The smallest absolute Gasteiger partial charge is 0.281 e. The van der Waals surface area contributed by atoms with Crippen LogP contribution < -0.4 is 15.6 Å². The van der Waals surface area contributed by atoms with E-state index in [0.717, 1.165) is 6.42 Å². The molecule has 7 nitrogen and oxygen atoms in total. The number of amidine groups is 1. The fraction of sp³-hybridized carbons (Fsp3) is 0.261. The highest BCUT2D eigenvalue weighted by molar-refractivity contribution is 6.30. The number of ether oxygens (including phenoxy) is 1. The summed E-state index contributed by atoms with van der Waals surface area (Å²) in [4.78, 5) is 18.4. The second kappa shape index (κ2) is 8.81. The van der Waals surface area contributed by atoms with Gasteiger partial charge in [0.15, 0.2) is 11.6 Å². The normalized spacial score (nSPS) is 15.6. The first-order valence-corrected chi connectivity index (χ1v) is 10.3. The maximum absolute atomic E-state index is 12.9. The molecule has 31 heavy (non-hydrogen) atoms. The van der Waals surface area contributed by atoms with E-state index in [1.807, 2.05) is 0 Å². The molecule has 1 N–H and O–H groups in total. The molecule has 0 amide bonds. The van der Waals surface area contributed by atoms with Gasteiger partial charge in [0, 0.05) is 12.1 Å². The van der Waals surface area contributed by atoms with Gasteiger partial charge in [-0.05, 0) is 49.6 Å². The summed E-state index contributed by atoms with van der Waals surface area (Å²) in [6.45, 7) is 4.56. The fourth-order valence-corrected chi connectivity index (χ4v) is 3.68. The Hall–Kier alpha value is -3.32. The summed E-state index contributed by atoms with van der Waals surface area (Å²) in [5.74, 6) is 1.08. The number of rotatable bonds is 5. The van der Waals surface area contributed by atoms with Gasteiger partial charge in [0.25, 0.3) is 5.56 Å². The number of halogens is 1. The SMILES string of the molecule is Cc1ccc(C[C@@H]2CON=C(c3c(Oc4cccc(Cl)c4)cnn(C)c3=O)N2)c(C)c1. The summed E-state index contributed by atoms with van der Waals surface area (Å²) in [5.41, 5.74) is 3.56. The molecule has 160 valence electrons. The molecule has 0 unspecified atom stereocenters. The molecule has 0 saturated carbocycles. The maximum Gasteiger partial charge on any atom is 0.281 e. The molecule has 4 rings (SSSR count). The average molecular weight is 439 g/mol. The van der Waals surface area contributed by atoms with Crippen LogP contribution in [0.25, 0.3) is 0 Å². The third-order valence-electron chi connectivity index (χ3n) is 5.10. The van der Waals surface area contributed by atoms with Gasteiger partial charge >= 0.3 is 0 Å². The highest BCUT2D eigenvalue weighted by atomic mass is 35.5. The third kappa shape index (κ3) is 4.72. The van der Waals surface area contributed by atoms with Crippen LogP contribution in [-0.4, -0.2) is 28.3 Å². The minimum atomic E-state index is -0.346. The van der Waals surface area contributed by atoms with E-state index >= 15 is 0 Å². The van der Waals surface area contributed by atoms with Crippen LogP contribution in [-0.2, 0) is 18.3 Å². The van der Waals surface area contributed by atoms with Crippen LogP contribution in [0.15, 0.2) is 58.6 Å². The topological polar surface area (TPSA) is 77.7 Å². The van der Waals surface area contributed by atoms with Gasteiger partial charge in [-0.1, -0.05) is 46.6 Å². The molecule has 0 radical (unpaired) electrons. The Bertz CT molecular complexity index is 1210. The predicted molar refractivity (Wildman–Crippen MR) is 120 cm³/mol. The lowest BCUT2D eigenvalue weighted by molar-refractivity contribution is 0.109. The molecule has 2 heterocycles. The van der Waals surface area contributed by atoms with Crippen molar-refractivity contribution < 1.29 is 9.57 Å². The summed E-state index contributed by atoms with van der Waals surface area (Å²) in [6.07, 6.45) is 2.22. The Balaban J connectivity index is 1.63. The van der Waals surface area contributed by atoms with Gasteiger partial charge in [0.05, 0.1) is 12.2 Å². The number of nitrogens with one attached hydrogen (secondary N) is 1. The molecule has 1 aliphatic rings. The van der Waals surface area contributed by atoms with E-state index < -0.39 is 0 Å². The summed E-state index contributed by atoms with van der Waals surface area (Å²) in [6, 6.07) is 13.3. The van der Waals surface area contributed by atoms with Crippen LogP contribution in [0.5, 0.6) is 11.5 Å². The zero-order chi connectivity index (χ0) is 22.0. The molecule has 1 aliphatic heterocycles. The van der Waals surface area contributed by atoms with Gasteiger partial charge in [-0.3, -0.25) is 4.79 Å². The van der Waals surface area contributed by atoms with Crippen LogP contribution in [0.4, 0.5) is 0 Å². The van der Waals surface area contributed by atoms with Crippen LogP contribution in [0.2, 0.25) is 5.02 Å². The third-order valence-corrected chi connectivity index (χ3v) is 5.33. The summed E-state index contributed by atoms with van der Waals surface area (Å²) in [7, 11) is 1.58. The second-order valence-corrected chi connectivity index (χ2v) is 8.02. The summed E-state index contributed by atoms with van der Waals surface area (Å²) >= 11 is 6.06. The van der Waals surface area contributed by atoms with Gasteiger partial charge in [-0.2, -0.15) is 5.10 Å². The maximum atomic E-state index is 12.9. The lowest BCUT2D eigenvalue weighted by Crippen LogP contribution is -2.46. The zero-order valence-corrected chi connectivity index (χ0v) is 18.3. The molecule has 0 fully saturated rings. The Kier molecular flexibility index (Phi) is 5.95. The highest BCUT2D eigenvalue weighted by Gasteiger charge is 2.25. The quantitative estimate of drug-likeness (QED) is 0.656. The van der Waals surface area contributed by atoms with Crippen molar-refractivity contribution in [3.05, 3.63) is 86.3 Å². The van der Waals surface area contributed by atoms with Crippen molar-refractivity contribution in [2.75, 3.05) is 6.61 Å². The first-order valence-electron chi connectivity index (χ1n) is 9.93. The van der Waals surface area contributed by atoms with E-state index in [9.17, 15) is 4.79 Å². The molecule has 1 aromatic heterocycles. The lowest BCUT2D eigenvalue weighted by atomic mass is 9.99. The zero-order valence-electron chi connectivity index (χ0n) is 17.6. The van der Waals surface area contributed by atoms with E-state index in [-0.39, 0.29) is 22.9 Å². The van der Waals surface area contributed by atoms with Crippen LogP contribution >= 0.6 is 11.6 Å². The van der Waals surface area contributed by atoms with Crippen LogP contribution in [0.3, 0.4) is 0 Å². The number of aromatic nitrogens is 2. The molecule has 0 saturated heterocycles. The fourth-order valence-electron chi connectivity index (χ4n) is 3.50. The minimum absolute atomic E-state index is 0.0502. The van der Waals surface area contributed by atoms with E-state index in [1.165, 1.54) is 27.6 Å². The molecule has 0 spiro atoms. The van der Waals surface area contributed by atoms with E-state index in [2.05, 4.69) is 47.6 Å². The van der Waals surface area contributed by atoms with Crippen molar-refractivity contribution in [1.29, 1.82) is 0 Å². The number of nitrogens with zero attached hydrogens (tertiary/aromatic N) is 3. The van der Waals surface area contributed by atoms with Gasteiger partial charge in [-0.25, -0.2) is 4.68 Å². The Morgan fingerprint density at radius 2 is 2.10 bits per heavy atom. The van der Waals surface area contributed by atoms with E-state index in [1.54, 1.807) is 31.3 Å². The standard InChI is InChI=1S/C23H23ClN4O3/c1-14-7-8-16(15(2)9-14)10-18-13-30-27-22(26-18)21-20(12-25-28(3)23(21)29)31-19-6-4-5-17(24)11-19/h4-9,11-12,18H,10,13H2,1-3H3,(H,26,27)/t18-/m1/s1. The molecular formula is C23H23ClN4O3. The second-order valence-electron chi connectivity index (χ2n) is 7.58. The highest BCUT2D eigenvalue weighted by Crippen LogP contribution is 2.26. The summed E-state index contributed by atoms with van der Waals surface area (Å²) < 4.78 is 7.16. The largest absolute Gasteiger partial charge is 0.455 e. The van der Waals surface area contributed by atoms with E-state index in [4.69, 9.17) is 21.2 Å². The van der Waals surface area contributed by atoms with Crippen molar-refractivity contribution in [3.63, 3.8) is 0 Å². The van der Waals surface area contributed by atoms with Crippen molar-refractivity contribution in [2.45, 2.75) is 26.3 Å². The molecule has 8 heteroatoms. The van der Waals surface area contributed by atoms with Crippen LogP contribution in [0, 0.1) is 13.8 Å². The summed E-state index contributed by atoms with van der Waals surface area (Å²) in [5, 5.41) is 12.1. The number of benzene rings is 2. The van der Waals surface area contributed by atoms with E-state index in [0.29, 0.717) is 23.2 Å². The monoisotopic (exact) mass is 438 g/mol. The Labute approximate surface area is 185 Å². The average Bonchev–Trinajstić information content (AvgIpc) is 2.73. The van der Waals surface area contributed by atoms with Crippen molar-refractivity contribution in [2.24, 2.45) is 12.2 Å². The number of hydrogen-bond donors (Lipinski definition) is 1. The van der Waals surface area contributed by atoms with Crippen molar-refractivity contribution >= 4 is 17.4 Å². The number of hydrogen-bond acceptors (Lipinski definition) is 6. The molecule has 2 aromatic carbocycles. The minimum Gasteiger partial charge on any atom is -0.455 e. The first-order chi connectivity index (χ1) is 14.9. The molecular weight excluding hydrogens is 416 g/mol. The van der Waals surface area contributed by atoms with Crippen molar-refractivity contribution in [1.82, 2.24) is 15.1 Å². The Morgan fingerprint density at radius 3 is 2.87 bits per heavy atom. The number of oxime groups is 1. The van der Waals surface area contributed by atoms with Crippen molar-refractivity contribution in [3.8, 4) is 11.5 Å². The van der Waals surface area contributed by atoms with Gasteiger partial charge < -0.3 is 14.9 Å². The predicted octanol–water partition coefficient (Wildman–Crippen LogP) is 3.74. The lowest BCUT2D eigenvalue weighted by Gasteiger charge is -2.25. The number of aryl methyl sites for hydroxylation is 3. The molecule has 1 atom stereocenters. The Morgan fingerprint density at radius 1 is 1.26 bits per heavy atom. The molecule has 0 bridgehead atoms. The van der Waals surface area contributed by atoms with Crippen LogP contribution in [0.1, 0.15) is 22.3 Å². The van der Waals surface area contributed by atoms with Gasteiger partial charge in [0.2, 0.25) is 0 Å². The van der Waals surface area contributed by atoms with Gasteiger partial charge in [0.1, 0.15) is 17.9 Å². The first kappa shape index (κ1) is 20.9.